The van der Waals surface area contributed by atoms with E-state index in [4.69, 9.17) is 9.47 Å². The number of carbonyl (C=O) groups excluding carboxylic acids is 2. The maximum Gasteiger partial charge on any atom is 0.517 e. The summed E-state index contributed by atoms with van der Waals surface area (Å²) in [5.74, 6) is -0.0571. The summed E-state index contributed by atoms with van der Waals surface area (Å²) in [6.07, 6.45) is 6.11. The number of hydrogen-bond acceptors (Lipinski definition) is 6. The standard InChI is InChI=1S/C28H30FN5O4/c1-32-24-13-22(33-17-28(18-33)8-10-37-11-9-28)6-7-25(24)38-16-23(26(32)35)31-27(36)34-15-20(14-30-34)12-19-2-4-21(29)5-3-19/h2-7,13-15,20,23H,8-12,16-18H2,1H3/p+1/t20?,23-/m1/s1. The van der Waals surface area contributed by atoms with Gasteiger partial charge in [-0.05, 0) is 55.2 Å². The molecule has 0 bridgehead atoms. The molecule has 1 unspecified atom stereocenters. The first kappa shape index (κ1) is 24.5. The van der Waals surface area contributed by atoms with Gasteiger partial charge in [0.15, 0.2) is 0 Å². The fraction of sp³-hybridized carbons (Fsp3) is 0.429. The van der Waals surface area contributed by atoms with Crippen molar-refractivity contribution in [2.45, 2.75) is 25.3 Å². The van der Waals surface area contributed by atoms with E-state index in [1.165, 1.54) is 16.8 Å². The molecule has 38 heavy (non-hydrogen) atoms. The van der Waals surface area contributed by atoms with Crippen molar-refractivity contribution in [1.82, 2.24) is 5.32 Å². The van der Waals surface area contributed by atoms with Gasteiger partial charge in [-0.1, -0.05) is 21.9 Å². The maximum absolute atomic E-state index is 13.3. The van der Waals surface area contributed by atoms with Crippen LogP contribution in [-0.2, 0) is 16.0 Å². The molecule has 1 N–H and O–H groups in total. The number of anilines is 2. The molecule has 0 aliphatic carbocycles. The van der Waals surface area contributed by atoms with Gasteiger partial charge in [0.05, 0.1) is 17.8 Å². The topological polar surface area (TPSA) is 86.5 Å². The summed E-state index contributed by atoms with van der Waals surface area (Å²) in [6, 6.07) is 10.8. The fourth-order valence-corrected chi connectivity index (χ4v) is 5.60. The molecule has 9 nitrogen and oxygen atoms in total. The second-order valence-corrected chi connectivity index (χ2v) is 10.6. The first-order valence-corrected chi connectivity index (χ1v) is 13.0. The number of hydrazone groups is 1. The van der Waals surface area contributed by atoms with E-state index in [9.17, 15) is 14.0 Å². The molecule has 2 fully saturated rings. The quantitative estimate of drug-likeness (QED) is 0.627. The normalized spacial score (nSPS) is 23.8. The number of amides is 3. The Balaban J connectivity index is 1.09. The van der Waals surface area contributed by atoms with Gasteiger partial charge in [0.25, 0.3) is 5.91 Å². The van der Waals surface area contributed by atoms with E-state index in [0.717, 1.165) is 50.4 Å². The molecule has 4 aliphatic heterocycles. The summed E-state index contributed by atoms with van der Waals surface area (Å²) in [5, 5.41) is 6.93. The van der Waals surface area contributed by atoms with Crippen molar-refractivity contribution in [3.05, 3.63) is 53.8 Å². The summed E-state index contributed by atoms with van der Waals surface area (Å²) >= 11 is 0. The molecule has 2 atom stereocenters. The van der Waals surface area contributed by atoms with Crippen LogP contribution in [0.15, 0.2) is 47.6 Å². The van der Waals surface area contributed by atoms with Crippen LogP contribution in [0, 0.1) is 17.2 Å². The Morgan fingerprint density at radius 3 is 2.71 bits per heavy atom. The SMILES string of the molecule is CN1C(=O)[C@H](NC(=O)[N+]2=CC(Cc3ccc(F)cc3)C=N2)COc2ccc(N3CC4(CCOCC4)C3)cc21. The molecule has 10 heteroatoms. The van der Waals surface area contributed by atoms with Gasteiger partial charge in [-0.3, -0.25) is 4.79 Å². The number of benzene rings is 2. The third-order valence-electron chi connectivity index (χ3n) is 7.91. The van der Waals surface area contributed by atoms with Crippen LogP contribution in [0.25, 0.3) is 0 Å². The molecular formula is C28H31FN5O4+. The first-order chi connectivity index (χ1) is 18.4. The smallest absolute Gasteiger partial charge is 0.486 e. The molecule has 1 spiro atoms. The van der Waals surface area contributed by atoms with Gasteiger partial charge in [0.1, 0.15) is 24.4 Å². The van der Waals surface area contributed by atoms with Crippen LogP contribution >= 0.6 is 0 Å². The van der Waals surface area contributed by atoms with Gasteiger partial charge in [0, 0.05) is 44.5 Å². The minimum Gasteiger partial charge on any atom is -0.486 e. The number of ether oxygens (including phenoxy) is 2. The van der Waals surface area contributed by atoms with Crippen molar-refractivity contribution in [2.75, 3.05) is 49.8 Å². The van der Waals surface area contributed by atoms with Crippen molar-refractivity contribution in [3.8, 4) is 5.75 Å². The highest BCUT2D eigenvalue weighted by atomic mass is 19.1. The zero-order valence-corrected chi connectivity index (χ0v) is 21.3. The zero-order chi connectivity index (χ0) is 26.3. The highest BCUT2D eigenvalue weighted by molar-refractivity contribution is 6.01. The van der Waals surface area contributed by atoms with Crippen molar-refractivity contribution in [2.24, 2.45) is 16.4 Å². The van der Waals surface area contributed by atoms with E-state index < -0.39 is 12.1 Å². The molecule has 2 aromatic carbocycles. The fourth-order valence-electron chi connectivity index (χ4n) is 5.60. The summed E-state index contributed by atoms with van der Waals surface area (Å²) in [6.45, 7) is 3.64. The summed E-state index contributed by atoms with van der Waals surface area (Å²) in [4.78, 5) is 30.1. The lowest BCUT2D eigenvalue weighted by Crippen LogP contribution is -2.58. The molecule has 0 aromatic heterocycles. The third kappa shape index (κ3) is 4.76. The Bertz CT molecular complexity index is 1300. The highest BCUT2D eigenvalue weighted by Gasteiger charge is 2.44. The molecule has 0 saturated carbocycles. The van der Waals surface area contributed by atoms with E-state index in [0.29, 0.717) is 23.3 Å². The maximum atomic E-state index is 13.3. The third-order valence-corrected chi connectivity index (χ3v) is 7.91. The summed E-state index contributed by atoms with van der Waals surface area (Å²) in [5.41, 5.74) is 3.02. The molecule has 4 heterocycles. The number of hydrogen-bond donors (Lipinski definition) is 1. The number of carbonyl (C=O) groups is 2. The Labute approximate surface area is 220 Å². The Morgan fingerprint density at radius 2 is 1.95 bits per heavy atom. The van der Waals surface area contributed by atoms with Crippen molar-refractivity contribution in [1.29, 1.82) is 0 Å². The predicted molar refractivity (Wildman–Crippen MR) is 141 cm³/mol. The molecule has 6 rings (SSSR count). The monoisotopic (exact) mass is 520 g/mol. The molecule has 4 aliphatic rings. The Morgan fingerprint density at radius 1 is 1.18 bits per heavy atom. The summed E-state index contributed by atoms with van der Waals surface area (Å²) < 4.78 is 25.9. The number of halogens is 1. The minimum absolute atomic E-state index is 0.0185. The van der Waals surface area contributed by atoms with Crippen LogP contribution in [0.1, 0.15) is 18.4 Å². The van der Waals surface area contributed by atoms with Crippen LogP contribution in [0.5, 0.6) is 5.75 Å². The van der Waals surface area contributed by atoms with Gasteiger partial charge in [0.2, 0.25) is 6.04 Å². The van der Waals surface area contributed by atoms with Crippen LogP contribution in [0.3, 0.4) is 0 Å². The van der Waals surface area contributed by atoms with E-state index in [-0.39, 0.29) is 24.2 Å². The molecule has 3 amide bonds. The van der Waals surface area contributed by atoms with Gasteiger partial charge < -0.3 is 19.3 Å². The number of nitrogens with zero attached hydrogens (tertiary/aromatic N) is 4. The predicted octanol–water partition coefficient (Wildman–Crippen LogP) is 2.82. The molecule has 2 aromatic rings. The van der Waals surface area contributed by atoms with E-state index in [1.54, 1.807) is 36.5 Å². The lowest BCUT2D eigenvalue weighted by atomic mass is 9.73. The van der Waals surface area contributed by atoms with Gasteiger partial charge in [-0.15, -0.1) is 0 Å². The van der Waals surface area contributed by atoms with Gasteiger partial charge in [-0.2, -0.15) is 4.79 Å². The Kier molecular flexibility index (Phi) is 6.35. The molecule has 0 radical (unpaired) electrons. The number of urea groups is 1. The van der Waals surface area contributed by atoms with Gasteiger partial charge >= 0.3 is 6.03 Å². The van der Waals surface area contributed by atoms with E-state index >= 15 is 0 Å². The first-order valence-electron chi connectivity index (χ1n) is 13.0. The largest absolute Gasteiger partial charge is 0.517 e. The van der Waals surface area contributed by atoms with Crippen LogP contribution in [0.4, 0.5) is 20.6 Å². The average molecular weight is 521 g/mol. The number of rotatable bonds is 4. The van der Waals surface area contributed by atoms with Crippen LogP contribution in [-0.4, -0.2) is 75.1 Å². The minimum atomic E-state index is -0.863. The number of nitrogens with one attached hydrogen (secondary N) is 1. The lowest BCUT2D eigenvalue weighted by Gasteiger charge is -2.53. The van der Waals surface area contributed by atoms with Gasteiger partial charge in [-0.25, -0.2) is 9.71 Å². The second kappa shape index (κ2) is 9.83. The van der Waals surface area contributed by atoms with Crippen LogP contribution < -0.4 is 19.9 Å². The zero-order valence-electron chi connectivity index (χ0n) is 21.3. The van der Waals surface area contributed by atoms with Crippen molar-refractivity contribution >= 4 is 35.7 Å². The van der Waals surface area contributed by atoms with Crippen LogP contribution in [0.2, 0.25) is 0 Å². The lowest BCUT2D eigenvalue weighted by molar-refractivity contribution is -0.425. The second-order valence-electron chi connectivity index (χ2n) is 10.6. The molecule has 2 saturated heterocycles. The summed E-state index contributed by atoms with van der Waals surface area (Å²) in [7, 11) is 1.70. The Hall–Kier alpha value is -3.79. The van der Waals surface area contributed by atoms with E-state index in [1.807, 2.05) is 18.2 Å². The molecule has 198 valence electrons. The highest BCUT2D eigenvalue weighted by Crippen LogP contribution is 2.44. The molecular weight excluding hydrogens is 489 g/mol. The number of fused-ring (bicyclic) bond motifs is 1. The van der Waals surface area contributed by atoms with E-state index in [2.05, 4.69) is 15.3 Å². The van der Waals surface area contributed by atoms with Crippen molar-refractivity contribution in [3.63, 3.8) is 0 Å². The number of likely N-dealkylation sites (N-methyl/N-ethyl adjacent to an activating group) is 1. The van der Waals surface area contributed by atoms with Crippen molar-refractivity contribution < 1.29 is 28.1 Å². The average Bonchev–Trinajstić information content (AvgIpc) is 3.35.